The molecule has 0 bridgehead atoms. The minimum absolute atomic E-state index is 0.176. The molecule has 0 aliphatic carbocycles. The molecular formula is C17H13ClF3N5O2S. The zero-order valence-electron chi connectivity index (χ0n) is 14.7. The van der Waals surface area contributed by atoms with Crippen LogP contribution in [0.25, 0.3) is 32.2 Å². The number of thiophene rings is 1. The Morgan fingerprint density at radius 2 is 1.90 bits per heavy atom. The van der Waals surface area contributed by atoms with E-state index in [0.29, 0.717) is 5.82 Å². The fourth-order valence-corrected chi connectivity index (χ4v) is 3.87. The topological polar surface area (TPSA) is 120 Å². The second kappa shape index (κ2) is 7.41. The van der Waals surface area contributed by atoms with Crippen LogP contribution in [0.4, 0.5) is 24.9 Å². The Hall–Kier alpha value is -3.05. The molecule has 7 nitrogen and oxygen atoms in total. The molecule has 4 aromatic rings. The predicted octanol–water partition coefficient (Wildman–Crippen LogP) is 4.30. The van der Waals surface area contributed by atoms with Crippen molar-refractivity contribution in [1.82, 2.24) is 14.5 Å². The molecule has 0 unspecified atom stereocenters. The SMILES string of the molecule is Cn1ccc2c3c(N)nc(N)nc3cc(-c3ccc(Cl)s3)c21.O=C(O)C(F)(F)F. The van der Waals surface area contributed by atoms with E-state index >= 15 is 0 Å². The predicted molar refractivity (Wildman–Crippen MR) is 107 cm³/mol. The van der Waals surface area contributed by atoms with Crippen molar-refractivity contribution >= 4 is 62.5 Å². The van der Waals surface area contributed by atoms with Crippen molar-refractivity contribution in [3.8, 4) is 10.4 Å². The quantitative estimate of drug-likeness (QED) is 0.403. The third-order valence-corrected chi connectivity index (χ3v) is 5.21. The molecule has 0 radical (unpaired) electrons. The number of nitrogens with zero attached hydrogens (tertiary/aromatic N) is 3. The molecule has 12 heteroatoms. The first-order valence-electron chi connectivity index (χ1n) is 7.85. The highest BCUT2D eigenvalue weighted by atomic mass is 35.5. The molecule has 0 saturated heterocycles. The molecule has 0 aliphatic rings. The number of nitrogen functional groups attached to an aromatic ring is 2. The molecule has 0 aliphatic heterocycles. The molecule has 152 valence electrons. The molecule has 0 atom stereocenters. The molecule has 0 fully saturated rings. The van der Waals surface area contributed by atoms with Crippen molar-refractivity contribution in [2.75, 3.05) is 11.5 Å². The summed E-state index contributed by atoms with van der Waals surface area (Å²) < 4.78 is 34.5. The summed E-state index contributed by atoms with van der Waals surface area (Å²) in [5.74, 6) is -2.18. The van der Waals surface area contributed by atoms with Crippen LogP contribution in [-0.2, 0) is 11.8 Å². The summed E-state index contributed by atoms with van der Waals surface area (Å²) in [7, 11) is 2.00. The number of aliphatic carboxylic acids is 1. The first kappa shape index (κ1) is 20.7. The van der Waals surface area contributed by atoms with E-state index in [1.54, 1.807) is 0 Å². The molecule has 4 rings (SSSR count). The van der Waals surface area contributed by atoms with Gasteiger partial charge in [0.2, 0.25) is 5.95 Å². The van der Waals surface area contributed by atoms with Crippen molar-refractivity contribution in [2.24, 2.45) is 7.05 Å². The lowest BCUT2D eigenvalue weighted by molar-refractivity contribution is -0.192. The molecule has 3 aromatic heterocycles. The Morgan fingerprint density at radius 3 is 2.45 bits per heavy atom. The Bertz CT molecular complexity index is 1240. The minimum Gasteiger partial charge on any atom is -0.475 e. The third-order valence-electron chi connectivity index (χ3n) is 3.94. The lowest BCUT2D eigenvalue weighted by Gasteiger charge is -2.09. The van der Waals surface area contributed by atoms with Gasteiger partial charge in [-0.05, 0) is 24.3 Å². The Morgan fingerprint density at radius 1 is 1.24 bits per heavy atom. The number of fused-ring (bicyclic) bond motifs is 3. The average molecular weight is 444 g/mol. The molecule has 5 N–H and O–H groups in total. The van der Waals surface area contributed by atoms with Gasteiger partial charge < -0.3 is 21.1 Å². The summed E-state index contributed by atoms with van der Waals surface area (Å²) in [6.45, 7) is 0. The first-order chi connectivity index (χ1) is 13.5. The van der Waals surface area contributed by atoms with E-state index in [4.69, 9.17) is 33.0 Å². The molecule has 1 aromatic carbocycles. The van der Waals surface area contributed by atoms with E-state index in [2.05, 4.69) is 14.5 Å². The Labute approximate surface area is 170 Å². The van der Waals surface area contributed by atoms with Gasteiger partial charge >= 0.3 is 12.1 Å². The number of aromatic nitrogens is 3. The van der Waals surface area contributed by atoms with E-state index in [0.717, 1.165) is 36.6 Å². The van der Waals surface area contributed by atoms with E-state index in [1.165, 1.54) is 11.3 Å². The number of alkyl halides is 3. The molecular weight excluding hydrogens is 431 g/mol. The van der Waals surface area contributed by atoms with Crippen molar-refractivity contribution < 1.29 is 23.1 Å². The van der Waals surface area contributed by atoms with Gasteiger partial charge in [-0.2, -0.15) is 18.2 Å². The van der Waals surface area contributed by atoms with Crippen LogP contribution in [0.3, 0.4) is 0 Å². The maximum atomic E-state index is 10.6. The largest absolute Gasteiger partial charge is 0.490 e. The van der Waals surface area contributed by atoms with Crippen molar-refractivity contribution in [3.63, 3.8) is 0 Å². The number of hydrogen-bond donors (Lipinski definition) is 3. The van der Waals surface area contributed by atoms with Gasteiger partial charge in [0.05, 0.1) is 20.8 Å². The van der Waals surface area contributed by atoms with Gasteiger partial charge in [0, 0.05) is 29.1 Å². The van der Waals surface area contributed by atoms with Crippen LogP contribution >= 0.6 is 22.9 Å². The standard InChI is InChI=1S/C15H12ClN5S.C2HF3O2/c1-21-5-4-7-12-9(19-15(18)20-14(12)17)6-8(13(7)21)10-2-3-11(16)22-10;3-2(4,5)1(6)7/h2-6H,1H3,(H4,17,18,19,20);(H,6,7). The number of aryl methyl sites for hydroxylation is 1. The van der Waals surface area contributed by atoms with E-state index in [9.17, 15) is 13.2 Å². The maximum absolute atomic E-state index is 10.6. The molecule has 0 amide bonds. The van der Waals surface area contributed by atoms with Crippen molar-refractivity contribution in [1.29, 1.82) is 0 Å². The number of halogens is 4. The van der Waals surface area contributed by atoms with Crippen molar-refractivity contribution in [3.05, 3.63) is 34.8 Å². The lowest BCUT2D eigenvalue weighted by atomic mass is 10.0. The third kappa shape index (κ3) is 4.05. The van der Waals surface area contributed by atoms with Gasteiger partial charge in [-0.15, -0.1) is 11.3 Å². The highest BCUT2D eigenvalue weighted by Gasteiger charge is 2.38. The van der Waals surface area contributed by atoms with Gasteiger partial charge in [-0.25, -0.2) is 9.78 Å². The zero-order chi connectivity index (χ0) is 21.5. The van der Waals surface area contributed by atoms with Crippen molar-refractivity contribution in [2.45, 2.75) is 6.18 Å². The number of hydrogen-bond acceptors (Lipinski definition) is 6. The zero-order valence-corrected chi connectivity index (χ0v) is 16.2. The maximum Gasteiger partial charge on any atom is 0.490 e. The molecule has 3 heterocycles. The highest BCUT2D eigenvalue weighted by molar-refractivity contribution is 7.19. The Balaban J connectivity index is 0.000000298. The summed E-state index contributed by atoms with van der Waals surface area (Å²) in [5, 5.41) is 8.97. The number of carboxylic acid groups (broad SMARTS) is 1. The fourth-order valence-electron chi connectivity index (χ4n) is 2.81. The van der Waals surface area contributed by atoms with Gasteiger partial charge in [-0.1, -0.05) is 11.6 Å². The summed E-state index contributed by atoms with van der Waals surface area (Å²) in [6.07, 6.45) is -3.08. The first-order valence-corrected chi connectivity index (χ1v) is 9.05. The van der Waals surface area contributed by atoms with Gasteiger partial charge in [-0.3, -0.25) is 0 Å². The Kier molecular flexibility index (Phi) is 5.28. The van der Waals surface area contributed by atoms with Crippen LogP contribution in [0, 0.1) is 0 Å². The number of carboxylic acids is 1. The van der Waals surface area contributed by atoms with Crippen LogP contribution in [0.2, 0.25) is 4.34 Å². The number of nitrogens with two attached hydrogens (primary N) is 2. The molecule has 0 spiro atoms. The van der Waals surface area contributed by atoms with Gasteiger partial charge in [0.1, 0.15) is 5.82 Å². The fraction of sp³-hybridized carbons (Fsp3) is 0.118. The van der Waals surface area contributed by atoms with Crippen LogP contribution in [0.1, 0.15) is 0 Å². The summed E-state index contributed by atoms with van der Waals surface area (Å²) >= 11 is 7.62. The summed E-state index contributed by atoms with van der Waals surface area (Å²) in [5.41, 5.74) is 14.7. The second-order valence-corrected chi connectivity index (χ2v) is 7.60. The summed E-state index contributed by atoms with van der Waals surface area (Å²) in [6, 6.07) is 7.91. The molecule has 0 saturated carbocycles. The van der Waals surface area contributed by atoms with Crippen LogP contribution in [-0.4, -0.2) is 31.8 Å². The number of carbonyl (C=O) groups is 1. The monoisotopic (exact) mass is 443 g/mol. The second-order valence-electron chi connectivity index (χ2n) is 5.88. The smallest absolute Gasteiger partial charge is 0.475 e. The molecule has 29 heavy (non-hydrogen) atoms. The number of rotatable bonds is 1. The van der Waals surface area contributed by atoms with Crippen LogP contribution < -0.4 is 11.5 Å². The normalized spacial score (nSPS) is 11.5. The number of anilines is 2. The van der Waals surface area contributed by atoms with E-state index < -0.39 is 12.1 Å². The highest BCUT2D eigenvalue weighted by Crippen LogP contribution is 2.40. The van der Waals surface area contributed by atoms with Gasteiger partial charge in [0.25, 0.3) is 0 Å². The number of benzene rings is 1. The van der Waals surface area contributed by atoms with Crippen LogP contribution in [0.15, 0.2) is 30.5 Å². The summed E-state index contributed by atoms with van der Waals surface area (Å²) in [4.78, 5) is 18.4. The van der Waals surface area contributed by atoms with Crippen LogP contribution in [0.5, 0.6) is 0 Å². The average Bonchev–Trinajstić information content (AvgIpc) is 3.20. The van der Waals surface area contributed by atoms with Gasteiger partial charge in [0.15, 0.2) is 0 Å². The minimum atomic E-state index is -5.08. The van der Waals surface area contributed by atoms with E-state index in [-0.39, 0.29) is 5.95 Å². The lowest BCUT2D eigenvalue weighted by Crippen LogP contribution is -2.21. The van der Waals surface area contributed by atoms with E-state index in [1.807, 2.05) is 37.5 Å².